The second kappa shape index (κ2) is 8.45. The van der Waals surface area contributed by atoms with Crippen molar-refractivity contribution >= 4 is 33.8 Å². The first-order chi connectivity index (χ1) is 14.4. The second-order valence-electron chi connectivity index (χ2n) is 6.87. The summed E-state index contributed by atoms with van der Waals surface area (Å²) in [5.74, 6) is 0.121. The third-order valence-corrected chi connectivity index (χ3v) is 6.32. The van der Waals surface area contributed by atoms with Crippen LogP contribution in [0.4, 0.5) is 4.39 Å². The van der Waals surface area contributed by atoms with Gasteiger partial charge in [0.2, 0.25) is 0 Å². The van der Waals surface area contributed by atoms with Crippen LogP contribution in [0.3, 0.4) is 0 Å². The number of aryl methyl sites for hydroxylation is 2. The van der Waals surface area contributed by atoms with E-state index in [2.05, 4.69) is 10.3 Å². The van der Waals surface area contributed by atoms with E-state index in [0.29, 0.717) is 17.3 Å². The lowest BCUT2D eigenvalue weighted by atomic mass is 10.2. The highest BCUT2D eigenvalue weighted by molar-refractivity contribution is 7.17. The highest BCUT2D eigenvalue weighted by atomic mass is 35.5. The summed E-state index contributed by atoms with van der Waals surface area (Å²) in [6, 6.07) is 11.5. The molecule has 4 rings (SSSR count). The van der Waals surface area contributed by atoms with Gasteiger partial charge in [0.25, 0.3) is 5.91 Å². The standard InChI is InChI=1S/C22H19ClFN3O2S/c1-13-9-17(7-8-18(13)23)29-12-21(28)25-10-20-14(2)27-11-19(26-22(27)30-20)15-3-5-16(24)6-4-15/h3-9,11H,10,12H2,1-2H3,(H,25,28). The van der Waals surface area contributed by atoms with Gasteiger partial charge in [0.1, 0.15) is 11.6 Å². The highest BCUT2D eigenvalue weighted by Gasteiger charge is 2.14. The van der Waals surface area contributed by atoms with Gasteiger partial charge in [0, 0.05) is 27.4 Å². The average molecular weight is 444 g/mol. The molecule has 0 fully saturated rings. The van der Waals surface area contributed by atoms with Crippen molar-refractivity contribution in [2.45, 2.75) is 20.4 Å². The predicted octanol–water partition coefficient (Wildman–Crippen LogP) is 5.17. The lowest BCUT2D eigenvalue weighted by Crippen LogP contribution is -2.28. The van der Waals surface area contributed by atoms with Gasteiger partial charge >= 0.3 is 0 Å². The number of ether oxygens (including phenoxy) is 1. The minimum atomic E-state index is -0.274. The van der Waals surface area contributed by atoms with Crippen molar-refractivity contribution in [2.75, 3.05) is 6.61 Å². The molecular formula is C22H19ClFN3O2S. The van der Waals surface area contributed by atoms with Crippen LogP contribution in [0.2, 0.25) is 5.02 Å². The Hall–Kier alpha value is -2.90. The van der Waals surface area contributed by atoms with Crippen LogP contribution >= 0.6 is 22.9 Å². The number of hydrogen-bond donors (Lipinski definition) is 1. The molecule has 154 valence electrons. The zero-order valence-corrected chi connectivity index (χ0v) is 18.0. The molecule has 0 saturated carbocycles. The number of nitrogens with one attached hydrogen (secondary N) is 1. The number of carbonyl (C=O) groups excluding carboxylic acids is 1. The molecule has 0 bridgehead atoms. The monoisotopic (exact) mass is 443 g/mol. The third kappa shape index (κ3) is 4.32. The maximum Gasteiger partial charge on any atom is 0.258 e. The summed E-state index contributed by atoms with van der Waals surface area (Å²) in [6.07, 6.45) is 1.92. The first kappa shape index (κ1) is 20.4. The van der Waals surface area contributed by atoms with Crippen molar-refractivity contribution in [1.82, 2.24) is 14.7 Å². The number of amides is 1. The Bertz CT molecular complexity index is 1220. The molecule has 0 atom stereocenters. The van der Waals surface area contributed by atoms with Crippen LogP contribution in [0.5, 0.6) is 5.75 Å². The van der Waals surface area contributed by atoms with Gasteiger partial charge in [-0.3, -0.25) is 9.20 Å². The Balaban J connectivity index is 1.38. The van der Waals surface area contributed by atoms with Crippen LogP contribution in [0, 0.1) is 19.7 Å². The Morgan fingerprint density at radius 1 is 1.23 bits per heavy atom. The highest BCUT2D eigenvalue weighted by Crippen LogP contribution is 2.27. The van der Waals surface area contributed by atoms with E-state index in [0.717, 1.165) is 32.4 Å². The van der Waals surface area contributed by atoms with E-state index < -0.39 is 0 Å². The summed E-state index contributed by atoms with van der Waals surface area (Å²) >= 11 is 7.50. The van der Waals surface area contributed by atoms with Gasteiger partial charge in [0.05, 0.1) is 12.2 Å². The molecule has 1 amide bonds. The molecule has 5 nitrogen and oxygen atoms in total. The van der Waals surface area contributed by atoms with E-state index in [1.807, 2.05) is 24.4 Å². The number of benzene rings is 2. The van der Waals surface area contributed by atoms with Crippen LogP contribution in [-0.2, 0) is 11.3 Å². The van der Waals surface area contributed by atoms with Gasteiger partial charge in [-0.1, -0.05) is 22.9 Å². The number of thiazole rings is 1. The van der Waals surface area contributed by atoms with Crippen LogP contribution < -0.4 is 10.1 Å². The molecule has 2 aromatic heterocycles. The van der Waals surface area contributed by atoms with Gasteiger partial charge in [0.15, 0.2) is 11.6 Å². The maximum atomic E-state index is 13.1. The molecule has 0 aliphatic rings. The molecule has 0 aliphatic carbocycles. The maximum absolute atomic E-state index is 13.1. The Morgan fingerprint density at radius 2 is 2.00 bits per heavy atom. The van der Waals surface area contributed by atoms with E-state index in [9.17, 15) is 9.18 Å². The first-order valence-electron chi connectivity index (χ1n) is 9.29. The molecule has 2 aromatic carbocycles. The molecule has 1 N–H and O–H groups in total. The summed E-state index contributed by atoms with van der Waals surface area (Å²) < 4.78 is 20.6. The quantitative estimate of drug-likeness (QED) is 0.447. The number of imidazole rings is 1. The largest absolute Gasteiger partial charge is 0.484 e. The van der Waals surface area contributed by atoms with Crippen molar-refractivity contribution in [2.24, 2.45) is 0 Å². The normalized spacial score (nSPS) is 11.1. The summed E-state index contributed by atoms with van der Waals surface area (Å²) in [7, 11) is 0. The van der Waals surface area contributed by atoms with Crippen molar-refractivity contribution in [1.29, 1.82) is 0 Å². The van der Waals surface area contributed by atoms with E-state index in [1.54, 1.807) is 30.3 Å². The SMILES string of the molecule is Cc1cc(OCC(=O)NCc2sc3nc(-c4ccc(F)cc4)cn3c2C)ccc1Cl. The zero-order valence-electron chi connectivity index (χ0n) is 16.4. The summed E-state index contributed by atoms with van der Waals surface area (Å²) in [6.45, 7) is 4.19. The minimum Gasteiger partial charge on any atom is -0.484 e. The number of rotatable bonds is 6. The average Bonchev–Trinajstić information content (AvgIpc) is 3.27. The summed E-state index contributed by atoms with van der Waals surface area (Å²) in [5.41, 5.74) is 3.54. The Kier molecular flexibility index (Phi) is 5.74. The van der Waals surface area contributed by atoms with Crippen LogP contribution in [0.1, 0.15) is 16.1 Å². The van der Waals surface area contributed by atoms with E-state index >= 15 is 0 Å². The van der Waals surface area contributed by atoms with Gasteiger partial charge in [-0.25, -0.2) is 9.37 Å². The first-order valence-corrected chi connectivity index (χ1v) is 10.5. The molecular weight excluding hydrogens is 425 g/mol. The molecule has 0 radical (unpaired) electrons. The fourth-order valence-corrected chi connectivity index (χ4v) is 4.16. The molecule has 4 aromatic rings. The van der Waals surface area contributed by atoms with E-state index in [1.165, 1.54) is 23.5 Å². The minimum absolute atomic E-state index is 0.0721. The van der Waals surface area contributed by atoms with Crippen molar-refractivity contribution in [3.05, 3.63) is 75.6 Å². The van der Waals surface area contributed by atoms with Crippen LogP contribution in [-0.4, -0.2) is 21.9 Å². The molecule has 0 saturated heterocycles. The predicted molar refractivity (Wildman–Crippen MR) is 117 cm³/mol. The molecule has 30 heavy (non-hydrogen) atoms. The van der Waals surface area contributed by atoms with Gasteiger partial charge in [-0.05, 0) is 61.9 Å². The lowest BCUT2D eigenvalue weighted by Gasteiger charge is -2.08. The molecule has 0 spiro atoms. The Morgan fingerprint density at radius 3 is 2.70 bits per heavy atom. The number of halogens is 2. The Labute approximate surface area is 182 Å². The van der Waals surface area contributed by atoms with Gasteiger partial charge < -0.3 is 10.1 Å². The fraction of sp³-hybridized carbons (Fsp3) is 0.182. The van der Waals surface area contributed by atoms with Crippen LogP contribution in [0.15, 0.2) is 48.7 Å². The topological polar surface area (TPSA) is 55.6 Å². The smallest absolute Gasteiger partial charge is 0.258 e. The number of carbonyl (C=O) groups is 1. The lowest BCUT2D eigenvalue weighted by molar-refractivity contribution is -0.123. The summed E-state index contributed by atoms with van der Waals surface area (Å²) in [5, 5.41) is 3.54. The van der Waals surface area contributed by atoms with Gasteiger partial charge in [-0.15, -0.1) is 0 Å². The zero-order chi connectivity index (χ0) is 21.3. The number of aromatic nitrogens is 2. The van der Waals surface area contributed by atoms with Crippen LogP contribution in [0.25, 0.3) is 16.2 Å². The van der Waals surface area contributed by atoms with E-state index in [-0.39, 0.29) is 18.3 Å². The van der Waals surface area contributed by atoms with Crippen molar-refractivity contribution in [3.8, 4) is 17.0 Å². The third-order valence-electron chi connectivity index (χ3n) is 4.74. The summed E-state index contributed by atoms with van der Waals surface area (Å²) in [4.78, 5) is 18.6. The number of hydrogen-bond acceptors (Lipinski definition) is 4. The van der Waals surface area contributed by atoms with Crippen molar-refractivity contribution < 1.29 is 13.9 Å². The molecule has 0 unspecified atom stereocenters. The van der Waals surface area contributed by atoms with Gasteiger partial charge in [-0.2, -0.15) is 0 Å². The number of nitrogens with zero attached hydrogens (tertiary/aromatic N) is 2. The van der Waals surface area contributed by atoms with Crippen molar-refractivity contribution in [3.63, 3.8) is 0 Å². The molecule has 8 heteroatoms. The molecule has 0 aliphatic heterocycles. The number of fused-ring (bicyclic) bond motifs is 1. The fourth-order valence-electron chi connectivity index (χ4n) is 3.00. The second-order valence-corrected chi connectivity index (χ2v) is 8.34. The van der Waals surface area contributed by atoms with E-state index in [4.69, 9.17) is 16.3 Å². The molecule has 2 heterocycles.